The van der Waals surface area contributed by atoms with Gasteiger partial charge in [-0.1, -0.05) is 13.0 Å². The van der Waals surface area contributed by atoms with E-state index in [1.807, 2.05) is 23.1 Å². The molecule has 0 aromatic carbocycles. The Balaban J connectivity index is 1.50. The van der Waals surface area contributed by atoms with Gasteiger partial charge in [-0.25, -0.2) is 0 Å². The minimum Gasteiger partial charge on any atom is -0.342 e. The molecule has 3 heterocycles. The van der Waals surface area contributed by atoms with Gasteiger partial charge in [-0.3, -0.25) is 14.6 Å². The van der Waals surface area contributed by atoms with Gasteiger partial charge in [-0.2, -0.15) is 0 Å². The SMILES string of the molecule is C[C@@H]1C[C@H]1C(=O)N1CCC(c2cc3cccnc3c(=O)[nH]2)CC1. The van der Waals surface area contributed by atoms with E-state index < -0.39 is 0 Å². The lowest BCUT2D eigenvalue weighted by Gasteiger charge is -2.32. The number of aromatic amines is 1. The van der Waals surface area contributed by atoms with Gasteiger partial charge in [0.25, 0.3) is 5.56 Å². The second kappa shape index (κ2) is 5.48. The van der Waals surface area contributed by atoms with Gasteiger partial charge >= 0.3 is 0 Å². The summed E-state index contributed by atoms with van der Waals surface area (Å²) in [5.74, 6) is 1.46. The van der Waals surface area contributed by atoms with Crippen LogP contribution in [0.3, 0.4) is 0 Å². The number of likely N-dealkylation sites (tertiary alicyclic amines) is 1. The molecular formula is C18H21N3O2. The first-order valence-electron chi connectivity index (χ1n) is 8.40. The van der Waals surface area contributed by atoms with Crippen LogP contribution in [0.25, 0.3) is 10.9 Å². The summed E-state index contributed by atoms with van der Waals surface area (Å²) in [5, 5.41) is 0.886. The molecule has 2 aliphatic rings. The second-order valence-corrected chi connectivity index (χ2v) is 6.91. The highest BCUT2D eigenvalue weighted by atomic mass is 16.2. The van der Waals surface area contributed by atoms with Gasteiger partial charge in [0, 0.05) is 42.2 Å². The zero-order valence-electron chi connectivity index (χ0n) is 13.3. The number of carbonyl (C=O) groups is 1. The molecule has 2 aromatic heterocycles. The van der Waals surface area contributed by atoms with Crippen molar-refractivity contribution in [3.8, 4) is 0 Å². The maximum Gasteiger partial charge on any atom is 0.274 e. The number of hydrogen-bond acceptors (Lipinski definition) is 3. The maximum atomic E-state index is 12.3. The van der Waals surface area contributed by atoms with Gasteiger partial charge in [0.2, 0.25) is 5.91 Å². The molecule has 1 aliphatic heterocycles. The predicted octanol–water partition coefficient (Wildman–Crippen LogP) is 2.29. The van der Waals surface area contributed by atoms with Crippen molar-refractivity contribution < 1.29 is 4.79 Å². The lowest BCUT2D eigenvalue weighted by Crippen LogP contribution is -2.39. The topological polar surface area (TPSA) is 66.1 Å². The predicted molar refractivity (Wildman–Crippen MR) is 88.2 cm³/mol. The molecule has 0 bridgehead atoms. The van der Waals surface area contributed by atoms with Crippen molar-refractivity contribution in [3.05, 3.63) is 40.4 Å². The van der Waals surface area contributed by atoms with Crippen molar-refractivity contribution in [2.24, 2.45) is 11.8 Å². The first-order valence-corrected chi connectivity index (χ1v) is 8.40. The fraction of sp³-hybridized carbons (Fsp3) is 0.500. The number of piperidine rings is 1. The number of amides is 1. The Labute approximate surface area is 134 Å². The second-order valence-electron chi connectivity index (χ2n) is 6.91. The molecule has 1 aliphatic carbocycles. The van der Waals surface area contributed by atoms with E-state index in [1.54, 1.807) is 6.20 Å². The third kappa shape index (κ3) is 2.64. The smallest absolute Gasteiger partial charge is 0.274 e. The van der Waals surface area contributed by atoms with Gasteiger partial charge in [-0.15, -0.1) is 0 Å². The number of carbonyl (C=O) groups excluding carboxylic acids is 1. The van der Waals surface area contributed by atoms with Crippen LogP contribution in [0.15, 0.2) is 29.2 Å². The van der Waals surface area contributed by atoms with E-state index in [-0.39, 0.29) is 11.5 Å². The van der Waals surface area contributed by atoms with E-state index in [2.05, 4.69) is 16.9 Å². The number of pyridine rings is 2. The van der Waals surface area contributed by atoms with E-state index >= 15 is 0 Å². The molecule has 0 unspecified atom stereocenters. The minimum absolute atomic E-state index is 0.122. The Morgan fingerprint density at radius 3 is 2.78 bits per heavy atom. The van der Waals surface area contributed by atoms with Crippen molar-refractivity contribution in [1.29, 1.82) is 0 Å². The highest BCUT2D eigenvalue weighted by Gasteiger charge is 2.42. The number of fused-ring (bicyclic) bond motifs is 1. The minimum atomic E-state index is -0.122. The van der Waals surface area contributed by atoms with Crippen LogP contribution in [-0.2, 0) is 4.79 Å². The fourth-order valence-corrected chi connectivity index (χ4v) is 3.65. The summed E-state index contributed by atoms with van der Waals surface area (Å²) in [6.45, 7) is 3.73. The molecule has 2 fully saturated rings. The highest BCUT2D eigenvalue weighted by Crippen LogP contribution is 2.40. The average Bonchev–Trinajstić information content (AvgIpc) is 3.31. The maximum absolute atomic E-state index is 12.3. The summed E-state index contributed by atoms with van der Waals surface area (Å²) < 4.78 is 0. The monoisotopic (exact) mass is 311 g/mol. The van der Waals surface area contributed by atoms with Crippen molar-refractivity contribution in [2.75, 3.05) is 13.1 Å². The zero-order valence-corrected chi connectivity index (χ0v) is 13.3. The molecule has 1 saturated carbocycles. The van der Waals surface area contributed by atoms with Crippen molar-refractivity contribution in [1.82, 2.24) is 14.9 Å². The van der Waals surface area contributed by atoms with Crippen LogP contribution in [0.1, 0.15) is 37.8 Å². The molecule has 1 saturated heterocycles. The molecule has 120 valence electrons. The molecule has 5 heteroatoms. The first-order chi connectivity index (χ1) is 11.1. The largest absolute Gasteiger partial charge is 0.342 e. The van der Waals surface area contributed by atoms with Crippen LogP contribution >= 0.6 is 0 Å². The van der Waals surface area contributed by atoms with Crippen LogP contribution in [0.2, 0.25) is 0 Å². The Hall–Kier alpha value is -2.17. The van der Waals surface area contributed by atoms with E-state index in [9.17, 15) is 9.59 Å². The number of nitrogens with zero attached hydrogens (tertiary/aromatic N) is 2. The number of nitrogens with one attached hydrogen (secondary N) is 1. The molecular weight excluding hydrogens is 290 g/mol. The molecule has 0 radical (unpaired) electrons. The van der Waals surface area contributed by atoms with E-state index in [0.717, 1.165) is 43.4 Å². The summed E-state index contributed by atoms with van der Waals surface area (Å²) in [4.78, 5) is 33.6. The number of aromatic nitrogens is 2. The van der Waals surface area contributed by atoms with Crippen molar-refractivity contribution in [3.63, 3.8) is 0 Å². The van der Waals surface area contributed by atoms with E-state index in [0.29, 0.717) is 23.3 Å². The van der Waals surface area contributed by atoms with Crippen LogP contribution in [0, 0.1) is 11.8 Å². The highest BCUT2D eigenvalue weighted by molar-refractivity contribution is 5.81. The van der Waals surface area contributed by atoms with Gasteiger partial charge in [0.1, 0.15) is 5.52 Å². The Morgan fingerprint density at radius 2 is 2.09 bits per heavy atom. The molecule has 23 heavy (non-hydrogen) atoms. The van der Waals surface area contributed by atoms with Gasteiger partial charge in [0.05, 0.1) is 0 Å². The van der Waals surface area contributed by atoms with E-state index in [4.69, 9.17) is 0 Å². The Morgan fingerprint density at radius 1 is 1.35 bits per heavy atom. The van der Waals surface area contributed by atoms with Crippen LogP contribution in [0.4, 0.5) is 0 Å². The summed E-state index contributed by atoms with van der Waals surface area (Å²) in [5.41, 5.74) is 1.34. The lowest BCUT2D eigenvalue weighted by atomic mass is 9.92. The quantitative estimate of drug-likeness (QED) is 0.925. The van der Waals surface area contributed by atoms with Crippen LogP contribution in [0.5, 0.6) is 0 Å². The molecule has 2 aromatic rings. The molecule has 0 spiro atoms. The average molecular weight is 311 g/mol. The number of H-pyrrole nitrogens is 1. The van der Waals surface area contributed by atoms with Gasteiger partial charge < -0.3 is 9.88 Å². The summed E-state index contributed by atoms with van der Waals surface area (Å²) >= 11 is 0. The third-order valence-electron chi connectivity index (χ3n) is 5.30. The third-order valence-corrected chi connectivity index (χ3v) is 5.30. The molecule has 1 N–H and O–H groups in total. The van der Waals surface area contributed by atoms with Crippen molar-refractivity contribution >= 4 is 16.8 Å². The summed E-state index contributed by atoms with van der Waals surface area (Å²) in [7, 11) is 0. The fourth-order valence-electron chi connectivity index (χ4n) is 3.65. The van der Waals surface area contributed by atoms with Crippen molar-refractivity contribution in [2.45, 2.75) is 32.1 Å². The summed E-state index contributed by atoms with van der Waals surface area (Å²) in [6, 6.07) is 5.81. The molecule has 4 rings (SSSR count). The number of hydrogen-bond donors (Lipinski definition) is 1. The lowest BCUT2D eigenvalue weighted by molar-refractivity contribution is -0.133. The molecule has 2 atom stereocenters. The van der Waals surface area contributed by atoms with Crippen LogP contribution in [-0.4, -0.2) is 33.9 Å². The van der Waals surface area contributed by atoms with Gasteiger partial charge in [-0.05, 0) is 37.3 Å². The van der Waals surface area contributed by atoms with Gasteiger partial charge in [0.15, 0.2) is 0 Å². The Bertz CT molecular complexity index is 805. The van der Waals surface area contributed by atoms with E-state index in [1.165, 1.54) is 0 Å². The van der Waals surface area contributed by atoms with Crippen LogP contribution < -0.4 is 5.56 Å². The first kappa shape index (κ1) is 14.4. The zero-order chi connectivity index (χ0) is 16.0. The molecule has 5 nitrogen and oxygen atoms in total. The molecule has 1 amide bonds. The normalized spacial score (nSPS) is 24.8. The number of rotatable bonds is 2. The standard InChI is InChI=1S/C18H21N3O2/c1-11-9-14(11)18(23)21-7-4-12(5-8-21)15-10-13-3-2-6-19-16(13)17(22)20-15/h2-3,6,10-12,14H,4-5,7-9H2,1H3,(H,20,22)/t11-,14-/m1/s1. The summed E-state index contributed by atoms with van der Waals surface area (Å²) in [6.07, 6.45) is 4.51. The Kier molecular flexibility index (Phi) is 3.43.